The number of hydrogen-bond acceptors (Lipinski definition) is 2. The highest BCUT2D eigenvalue weighted by Gasteiger charge is 2.49. The Balaban J connectivity index is 2.54. The number of amides is 1. The van der Waals surface area contributed by atoms with Crippen LogP contribution in [0.5, 0.6) is 0 Å². The highest BCUT2D eigenvalue weighted by atomic mass is 19.1. The van der Waals surface area contributed by atoms with Gasteiger partial charge >= 0.3 is 5.97 Å². The number of carboxylic acids is 1. The van der Waals surface area contributed by atoms with E-state index >= 15 is 0 Å². The average molecular weight is 307 g/mol. The fourth-order valence-corrected chi connectivity index (χ4v) is 2.32. The summed E-state index contributed by atoms with van der Waals surface area (Å²) in [5.74, 6) is -3.54. The van der Waals surface area contributed by atoms with Crippen LogP contribution in [0.3, 0.4) is 0 Å². The number of carboxylic acid groups (broad SMARTS) is 1. The first-order valence-corrected chi connectivity index (χ1v) is 6.77. The molecule has 1 aromatic rings. The van der Waals surface area contributed by atoms with Gasteiger partial charge in [0.25, 0.3) is 5.91 Å². The third-order valence-electron chi connectivity index (χ3n) is 3.45. The van der Waals surface area contributed by atoms with Crippen molar-refractivity contribution in [2.75, 3.05) is 6.54 Å². The minimum atomic E-state index is -2.96. The van der Waals surface area contributed by atoms with Crippen LogP contribution in [-0.4, -0.2) is 29.2 Å². The van der Waals surface area contributed by atoms with Crippen LogP contribution in [0.1, 0.15) is 18.9 Å². The van der Waals surface area contributed by atoms with Gasteiger partial charge in [-0.3, -0.25) is 4.79 Å². The molecule has 4 nitrogen and oxygen atoms in total. The number of carbonyl (C=O) groups excluding carboxylic acids is 1. The van der Waals surface area contributed by atoms with E-state index in [1.165, 1.54) is 0 Å². The van der Waals surface area contributed by atoms with Crippen LogP contribution in [0.25, 0.3) is 5.57 Å². The predicted molar refractivity (Wildman–Crippen MR) is 77.3 cm³/mol. The highest BCUT2D eigenvalue weighted by Crippen LogP contribution is 2.41. The van der Waals surface area contributed by atoms with Crippen molar-refractivity contribution in [3.05, 3.63) is 53.4 Å². The van der Waals surface area contributed by atoms with Crippen molar-refractivity contribution in [2.45, 2.75) is 19.0 Å². The maximum absolute atomic E-state index is 14.9. The van der Waals surface area contributed by atoms with Crippen molar-refractivity contribution >= 4 is 17.4 Å². The number of allylic oxidation sites excluding steroid dienone is 3. The zero-order valence-electron chi connectivity index (χ0n) is 11.9. The first kappa shape index (κ1) is 15.9. The molecular formula is C16H15F2NO3. The van der Waals surface area contributed by atoms with Crippen molar-refractivity contribution in [1.82, 2.24) is 5.32 Å². The Labute approximate surface area is 126 Å². The van der Waals surface area contributed by atoms with Crippen LogP contribution in [-0.2, 0) is 9.59 Å². The van der Waals surface area contributed by atoms with E-state index in [9.17, 15) is 23.5 Å². The predicted octanol–water partition coefficient (Wildman–Crippen LogP) is 2.63. The molecule has 1 aliphatic rings. The van der Waals surface area contributed by atoms with Crippen molar-refractivity contribution in [2.24, 2.45) is 0 Å². The SMILES string of the molecule is CCNC(=O)C1=CC(F)=C(c2ccccc2)CC1(F)C(=O)O. The number of aliphatic carboxylic acids is 1. The summed E-state index contributed by atoms with van der Waals surface area (Å²) < 4.78 is 29.2. The van der Waals surface area contributed by atoms with E-state index in [-0.39, 0.29) is 12.1 Å². The van der Waals surface area contributed by atoms with Crippen molar-refractivity contribution in [3.63, 3.8) is 0 Å². The van der Waals surface area contributed by atoms with E-state index in [0.29, 0.717) is 11.6 Å². The third-order valence-corrected chi connectivity index (χ3v) is 3.45. The standard InChI is InChI=1S/C16H15F2NO3/c1-2-19-14(20)12-8-13(17)11(9-16(12,18)15(21)22)10-6-4-3-5-7-10/h3-8H,2,9H2,1H3,(H,19,20)(H,21,22). The number of nitrogens with one attached hydrogen (secondary N) is 1. The Bertz CT molecular complexity index is 667. The molecule has 1 amide bonds. The second kappa shape index (κ2) is 6.09. The number of hydrogen-bond donors (Lipinski definition) is 2. The molecule has 0 radical (unpaired) electrons. The Morgan fingerprint density at radius 2 is 1.95 bits per heavy atom. The van der Waals surface area contributed by atoms with Gasteiger partial charge in [0.1, 0.15) is 5.83 Å². The molecule has 22 heavy (non-hydrogen) atoms. The van der Waals surface area contributed by atoms with E-state index < -0.39 is 35.4 Å². The van der Waals surface area contributed by atoms with Crippen LogP contribution < -0.4 is 5.32 Å². The second-order valence-electron chi connectivity index (χ2n) is 4.89. The summed E-state index contributed by atoms with van der Waals surface area (Å²) in [6.07, 6.45) is -0.0634. The van der Waals surface area contributed by atoms with Gasteiger partial charge < -0.3 is 10.4 Å². The molecule has 1 aliphatic carbocycles. The minimum absolute atomic E-state index is 0.0708. The number of benzene rings is 1. The molecule has 1 atom stereocenters. The summed E-state index contributed by atoms with van der Waals surface area (Å²) in [5.41, 5.74) is -3.37. The van der Waals surface area contributed by atoms with Crippen molar-refractivity contribution in [3.8, 4) is 0 Å². The number of likely N-dealkylation sites (N-methyl/N-ethyl adjacent to an activating group) is 1. The average Bonchev–Trinajstić information content (AvgIpc) is 2.50. The summed E-state index contributed by atoms with van der Waals surface area (Å²) in [7, 11) is 0. The van der Waals surface area contributed by atoms with Gasteiger partial charge in [-0.1, -0.05) is 30.3 Å². The van der Waals surface area contributed by atoms with E-state index in [4.69, 9.17) is 0 Å². The van der Waals surface area contributed by atoms with Gasteiger partial charge in [0, 0.05) is 13.0 Å². The van der Waals surface area contributed by atoms with E-state index in [1.54, 1.807) is 37.3 Å². The number of alkyl halides is 1. The third kappa shape index (κ3) is 2.77. The second-order valence-corrected chi connectivity index (χ2v) is 4.89. The molecule has 0 aliphatic heterocycles. The molecule has 0 bridgehead atoms. The van der Waals surface area contributed by atoms with Gasteiger partial charge in [0.15, 0.2) is 0 Å². The lowest BCUT2D eigenvalue weighted by molar-refractivity contribution is -0.149. The number of carbonyl (C=O) groups is 2. The first-order valence-electron chi connectivity index (χ1n) is 6.77. The summed E-state index contributed by atoms with van der Waals surface area (Å²) in [4.78, 5) is 23.2. The van der Waals surface area contributed by atoms with Crippen LogP contribution in [0, 0.1) is 0 Å². The topological polar surface area (TPSA) is 66.4 Å². The summed E-state index contributed by atoms with van der Waals surface area (Å²) >= 11 is 0. The fourth-order valence-electron chi connectivity index (χ4n) is 2.32. The molecule has 2 N–H and O–H groups in total. The number of halogens is 2. The molecule has 1 unspecified atom stereocenters. The highest BCUT2D eigenvalue weighted by molar-refractivity contribution is 6.05. The monoisotopic (exact) mass is 307 g/mol. The van der Waals surface area contributed by atoms with E-state index in [1.807, 2.05) is 0 Å². The fraction of sp³-hybridized carbons (Fsp3) is 0.250. The number of rotatable bonds is 4. The molecule has 0 heterocycles. The Kier molecular flexibility index (Phi) is 4.40. The lowest BCUT2D eigenvalue weighted by Crippen LogP contribution is -2.44. The largest absolute Gasteiger partial charge is 0.479 e. The maximum atomic E-state index is 14.9. The lowest BCUT2D eigenvalue weighted by Gasteiger charge is -2.28. The Morgan fingerprint density at radius 3 is 2.50 bits per heavy atom. The minimum Gasteiger partial charge on any atom is -0.479 e. The summed E-state index contributed by atoms with van der Waals surface area (Å²) in [6, 6.07) is 8.10. The summed E-state index contributed by atoms with van der Waals surface area (Å²) in [6.45, 7) is 1.78. The molecule has 0 saturated heterocycles. The van der Waals surface area contributed by atoms with Crippen LogP contribution >= 0.6 is 0 Å². The smallest absolute Gasteiger partial charge is 0.346 e. The van der Waals surface area contributed by atoms with E-state index in [0.717, 1.165) is 0 Å². The molecule has 1 aromatic carbocycles. The van der Waals surface area contributed by atoms with Crippen LogP contribution in [0.2, 0.25) is 0 Å². The summed E-state index contributed by atoms with van der Waals surface area (Å²) in [5, 5.41) is 11.5. The zero-order chi connectivity index (χ0) is 16.3. The molecule has 0 aromatic heterocycles. The lowest BCUT2D eigenvalue weighted by atomic mass is 9.81. The van der Waals surface area contributed by atoms with Gasteiger partial charge in [-0.05, 0) is 24.1 Å². The molecule has 116 valence electrons. The van der Waals surface area contributed by atoms with Crippen LogP contribution in [0.4, 0.5) is 8.78 Å². The Hall–Kier alpha value is -2.50. The normalized spacial score (nSPS) is 21.3. The van der Waals surface area contributed by atoms with Crippen molar-refractivity contribution < 1.29 is 23.5 Å². The van der Waals surface area contributed by atoms with Gasteiger partial charge in [0.05, 0.1) is 5.57 Å². The zero-order valence-corrected chi connectivity index (χ0v) is 11.9. The van der Waals surface area contributed by atoms with Crippen molar-refractivity contribution in [1.29, 1.82) is 0 Å². The first-order chi connectivity index (χ1) is 10.4. The molecule has 0 fully saturated rings. The van der Waals surface area contributed by atoms with Gasteiger partial charge in [-0.25, -0.2) is 13.6 Å². The molecule has 0 saturated carbocycles. The molecular weight excluding hydrogens is 292 g/mol. The molecule has 0 spiro atoms. The van der Waals surface area contributed by atoms with Crippen LogP contribution in [0.15, 0.2) is 47.8 Å². The van der Waals surface area contributed by atoms with Gasteiger partial charge in [0.2, 0.25) is 5.67 Å². The molecule has 2 rings (SSSR count). The van der Waals surface area contributed by atoms with E-state index in [2.05, 4.69) is 5.32 Å². The maximum Gasteiger partial charge on any atom is 0.346 e. The Morgan fingerprint density at radius 1 is 1.32 bits per heavy atom. The quantitative estimate of drug-likeness (QED) is 0.898. The van der Waals surface area contributed by atoms with Gasteiger partial charge in [-0.15, -0.1) is 0 Å². The van der Waals surface area contributed by atoms with Gasteiger partial charge in [-0.2, -0.15) is 0 Å². The molecule has 6 heteroatoms.